The predicted octanol–water partition coefficient (Wildman–Crippen LogP) is 2.83. The van der Waals surface area contributed by atoms with E-state index in [1.54, 1.807) is 0 Å². The number of halogens is 3. The highest BCUT2D eigenvalue weighted by Gasteiger charge is 2.03. The summed E-state index contributed by atoms with van der Waals surface area (Å²) in [5, 5.41) is 3.00. The van der Waals surface area contributed by atoms with Crippen LogP contribution in [-0.2, 0) is 6.42 Å². The molecule has 1 aromatic rings. The van der Waals surface area contributed by atoms with Crippen LogP contribution in [0.1, 0.15) is 25.8 Å². The van der Waals surface area contributed by atoms with Crippen molar-refractivity contribution in [1.29, 1.82) is 0 Å². The maximum absolute atomic E-state index is 13.3. The normalized spacial score (nSPS) is 12.7. The molecule has 1 rings (SSSR count). The van der Waals surface area contributed by atoms with Gasteiger partial charge in [-0.3, -0.25) is 4.99 Å². The van der Waals surface area contributed by atoms with Gasteiger partial charge in [0.25, 0.3) is 0 Å². The molecule has 0 aliphatic carbocycles. The number of benzene rings is 1. The topological polar surface area (TPSA) is 50.4 Å². The Morgan fingerprint density at radius 2 is 2.11 bits per heavy atom. The number of nitrogens with zero attached hydrogens (tertiary/aromatic N) is 1. The van der Waals surface area contributed by atoms with Crippen molar-refractivity contribution in [3.8, 4) is 0 Å². The number of nitrogens with two attached hydrogens (primary N) is 1. The van der Waals surface area contributed by atoms with Crippen LogP contribution in [0.15, 0.2) is 23.2 Å². The van der Waals surface area contributed by atoms with Crippen molar-refractivity contribution in [3.05, 3.63) is 35.4 Å². The zero-order chi connectivity index (χ0) is 13.5. The van der Waals surface area contributed by atoms with Gasteiger partial charge in [0.1, 0.15) is 11.6 Å². The number of nitrogens with one attached hydrogen (secondary N) is 1. The average Bonchev–Trinajstić information content (AvgIpc) is 2.33. The first-order valence-electron chi connectivity index (χ1n) is 6.03. The van der Waals surface area contributed by atoms with Gasteiger partial charge in [0, 0.05) is 12.6 Å². The van der Waals surface area contributed by atoms with Crippen molar-refractivity contribution in [2.45, 2.75) is 32.7 Å². The first-order valence-corrected chi connectivity index (χ1v) is 6.03. The van der Waals surface area contributed by atoms with E-state index in [0.717, 1.165) is 18.6 Å². The molecule has 1 atom stereocenters. The molecular formula is C13H20F2IN3. The summed E-state index contributed by atoms with van der Waals surface area (Å²) in [6.45, 7) is 4.36. The number of guanidine groups is 1. The van der Waals surface area contributed by atoms with E-state index in [2.05, 4.69) is 10.3 Å². The lowest BCUT2D eigenvalue weighted by Crippen LogP contribution is -2.38. The Labute approximate surface area is 129 Å². The molecule has 0 bridgehead atoms. The zero-order valence-corrected chi connectivity index (χ0v) is 13.4. The van der Waals surface area contributed by atoms with E-state index in [0.29, 0.717) is 24.5 Å². The van der Waals surface area contributed by atoms with Gasteiger partial charge in [0.05, 0.1) is 0 Å². The van der Waals surface area contributed by atoms with E-state index in [-0.39, 0.29) is 30.0 Å². The molecule has 108 valence electrons. The van der Waals surface area contributed by atoms with Crippen molar-refractivity contribution < 1.29 is 8.78 Å². The Bertz CT molecular complexity index is 424. The Morgan fingerprint density at radius 3 is 2.74 bits per heavy atom. The van der Waals surface area contributed by atoms with Crippen LogP contribution in [0.3, 0.4) is 0 Å². The molecule has 0 aromatic heterocycles. The van der Waals surface area contributed by atoms with Crippen LogP contribution in [0.2, 0.25) is 0 Å². The minimum Gasteiger partial charge on any atom is -0.370 e. The highest BCUT2D eigenvalue weighted by molar-refractivity contribution is 14.0. The number of hydrogen-bond acceptors (Lipinski definition) is 1. The lowest BCUT2D eigenvalue weighted by molar-refractivity contribution is 0.584. The van der Waals surface area contributed by atoms with Gasteiger partial charge in [-0.2, -0.15) is 0 Å². The van der Waals surface area contributed by atoms with Crippen LogP contribution in [0.4, 0.5) is 8.78 Å². The molecule has 3 N–H and O–H groups in total. The molecule has 1 aromatic carbocycles. The van der Waals surface area contributed by atoms with Gasteiger partial charge in [0.2, 0.25) is 0 Å². The minimum absolute atomic E-state index is 0. The van der Waals surface area contributed by atoms with Gasteiger partial charge < -0.3 is 11.1 Å². The van der Waals surface area contributed by atoms with Gasteiger partial charge in [-0.1, -0.05) is 6.92 Å². The summed E-state index contributed by atoms with van der Waals surface area (Å²) in [7, 11) is 0. The van der Waals surface area contributed by atoms with Crippen LogP contribution < -0.4 is 11.1 Å². The van der Waals surface area contributed by atoms with Crippen molar-refractivity contribution in [3.63, 3.8) is 0 Å². The van der Waals surface area contributed by atoms with Crippen LogP contribution in [0, 0.1) is 11.6 Å². The Kier molecular flexibility index (Phi) is 8.62. The molecule has 0 fully saturated rings. The lowest BCUT2D eigenvalue weighted by atomic mass is 10.1. The summed E-state index contributed by atoms with van der Waals surface area (Å²) in [5.74, 6) is -0.526. The summed E-state index contributed by atoms with van der Waals surface area (Å²) in [4.78, 5) is 4.07. The van der Waals surface area contributed by atoms with Crippen LogP contribution in [-0.4, -0.2) is 18.5 Å². The van der Waals surface area contributed by atoms with E-state index < -0.39 is 11.6 Å². The standard InChI is InChI=1S/C13H19F2N3.HI/c1-3-9(2)18-13(16)17-7-6-10-8-11(14)4-5-12(10)15;/h4-5,8-9H,3,6-7H2,1-2H3,(H3,16,17,18);1H. The predicted molar refractivity (Wildman–Crippen MR) is 84.9 cm³/mol. The molecule has 3 nitrogen and oxygen atoms in total. The second-order valence-corrected chi connectivity index (χ2v) is 4.21. The van der Waals surface area contributed by atoms with Gasteiger partial charge in [0.15, 0.2) is 5.96 Å². The SMILES string of the molecule is CCC(C)NC(N)=NCCc1cc(F)ccc1F.I. The molecule has 0 amide bonds. The molecule has 1 unspecified atom stereocenters. The van der Waals surface area contributed by atoms with Crippen LogP contribution in [0.25, 0.3) is 0 Å². The van der Waals surface area contributed by atoms with E-state index in [4.69, 9.17) is 5.73 Å². The van der Waals surface area contributed by atoms with E-state index in [1.807, 2.05) is 13.8 Å². The molecule has 19 heavy (non-hydrogen) atoms. The fourth-order valence-corrected chi connectivity index (χ4v) is 1.43. The highest BCUT2D eigenvalue weighted by atomic mass is 127. The second-order valence-electron chi connectivity index (χ2n) is 4.21. The van der Waals surface area contributed by atoms with E-state index >= 15 is 0 Å². The van der Waals surface area contributed by atoms with E-state index in [1.165, 1.54) is 6.07 Å². The Hall–Kier alpha value is -0.920. The molecule has 0 aliphatic rings. The maximum atomic E-state index is 13.3. The first-order chi connectivity index (χ1) is 8.52. The minimum atomic E-state index is -0.443. The quantitative estimate of drug-likeness (QED) is 0.467. The monoisotopic (exact) mass is 383 g/mol. The largest absolute Gasteiger partial charge is 0.370 e. The smallest absolute Gasteiger partial charge is 0.188 e. The molecule has 0 aliphatic heterocycles. The van der Waals surface area contributed by atoms with Crippen molar-refractivity contribution in [2.75, 3.05) is 6.54 Å². The fourth-order valence-electron chi connectivity index (χ4n) is 1.43. The number of aliphatic imine (C=N–C) groups is 1. The third kappa shape index (κ3) is 6.70. The van der Waals surface area contributed by atoms with Crippen molar-refractivity contribution >= 4 is 29.9 Å². The third-order valence-electron chi connectivity index (χ3n) is 2.68. The van der Waals surface area contributed by atoms with Gasteiger partial charge in [-0.25, -0.2) is 8.78 Å². The van der Waals surface area contributed by atoms with Gasteiger partial charge in [-0.15, -0.1) is 24.0 Å². The van der Waals surface area contributed by atoms with Gasteiger partial charge >= 0.3 is 0 Å². The maximum Gasteiger partial charge on any atom is 0.188 e. The average molecular weight is 383 g/mol. The van der Waals surface area contributed by atoms with Gasteiger partial charge in [-0.05, 0) is 43.5 Å². The van der Waals surface area contributed by atoms with Crippen molar-refractivity contribution in [2.24, 2.45) is 10.7 Å². The molecule has 0 radical (unpaired) electrons. The molecule has 6 heteroatoms. The Morgan fingerprint density at radius 1 is 1.42 bits per heavy atom. The first kappa shape index (κ1) is 18.1. The van der Waals surface area contributed by atoms with Crippen LogP contribution >= 0.6 is 24.0 Å². The summed E-state index contributed by atoms with van der Waals surface area (Å²) < 4.78 is 26.2. The zero-order valence-electron chi connectivity index (χ0n) is 11.1. The summed E-state index contributed by atoms with van der Waals surface area (Å²) in [6, 6.07) is 3.65. The molecule has 0 heterocycles. The second kappa shape index (κ2) is 9.06. The van der Waals surface area contributed by atoms with Crippen molar-refractivity contribution in [1.82, 2.24) is 5.32 Å². The molecular weight excluding hydrogens is 363 g/mol. The molecule has 0 saturated carbocycles. The fraction of sp³-hybridized carbons (Fsp3) is 0.462. The number of rotatable bonds is 5. The Balaban J connectivity index is 0.00000324. The lowest BCUT2D eigenvalue weighted by Gasteiger charge is -2.11. The van der Waals surface area contributed by atoms with E-state index in [9.17, 15) is 8.78 Å². The van der Waals surface area contributed by atoms with Crippen LogP contribution in [0.5, 0.6) is 0 Å². The summed E-state index contributed by atoms with van der Waals surface area (Å²) in [5.41, 5.74) is 5.97. The third-order valence-corrected chi connectivity index (χ3v) is 2.68. The highest BCUT2D eigenvalue weighted by Crippen LogP contribution is 2.10. The summed E-state index contributed by atoms with van der Waals surface area (Å²) in [6.07, 6.45) is 1.27. The number of hydrogen-bond donors (Lipinski definition) is 2. The summed E-state index contributed by atoms with van der Waals surface area (Å²) >= 11 is 0. The molecule has 0 saturated heterocycles. The molecule has 0 spiro atoms.